The Bertz CT molecular complexity index is 579. The number of benzene rings is 1. The summed E-state index contributed by atoms with van der Waals surface area (Å²) in [5.41, 5.74) is 4.53. The quantitative estimate of drug-likeness (QED) is 0.482. The average molecular weight is 256 g/mol. The molecule has 94 valence electrons. The van der Waals surface area contributed by atoms with Gasteiger partial charge < -0.3 is 5.73 Å². The molecule has 0 aliphatic heterocycles. The van der Waals surface area contributed by atoms with Gasteiger partial charge >= 0.3 is 6.18 Å². The molecule has 0 spiro atoms. The Hall–Kier alpha value is -2.11. The van der Waals surface area contributed by atoms with E-state index in [1.165, 1.54) is 18.3 Å². The number of nitrogens with zero attached hydrogens (tertiary/aromatic N) is 1. The molecule has 0 saturated carbocycles. The number of halogens is 4. The van der Waals surface area contributed by atoms with Gasteiger partial charge in [-0.25, -0.2) is 4.98 Å². The lowest BCUT2D eigenvalue weighted by Gasteiger charge is -2.11. The second kappa shape index (κ2) is 4.29. The van der Waals surface area contributed by atoms with Crippen molar-refractivity contribution in [2.45, 2.75) is 6.18 Å². The van der Waals surface area contributed by atoms with E-state index in [0.29, 0.717) is 5.56 Å². The van der Waals surface area contributed by atoms with Crippen LogP contribution in [0.2, 0.25) is 0 Å². The number of aromatic nitrogens is 1. The standard InChI is InChI=1S/C12H8F4N2/c13-11-6-8(3-4-18-11)7-1-2-10(17)9(5-7)12(14,15)16/h1-6H,17H2. The van der Waals surface area contributed by atoms with Crippen molar-refractivity contribution in [1.29, 1.82) is 0 Å². The van der Waals surface area contributed by atoms with Crippen LogP contribution in [0, 0.1) is 5.95 Å². The Morgan fingerprint density at radius 1 is 1.00 bits per heavy atom. The van der Waals surface area contributed by atoms with Crippen molar-refractivity contribution in [3.8, 4) is 11.1 Å². The minimum absolute atomic E-state index is 0.234. The van der Waals surface area contributed by atoms with Gasteiger partial charge in [-0.05, 0) is 29.3 Å². The molecule has 0 saturated heterocycles. The Balaban J connectivity index is 2.54. The zero-order chi connectivity index (χ0) is 13.3. The first-order valence-corrected chi connectivity index (χ1v) is 4.96. The SMILES string of the molecule is Nc1ccc(-c2ccnc(F)c2)cc1C(F)(F)F. The summed E-state index contributed by atoms with van der Waals surface area (Å²) >= 11 is 0. The third-order valence-electron chi connectivity index (χ3n) is 2.42. The van der Waals surface area contributed by atoms with Gasteiger partial charge in [0.1, 0.15) is 0 Å². The molecule has 0 aliphatic rings. The fraction of sp³-hybridized carbons (Fsp3) is 0.0833. The molecule has 6 heteroatoms. The number of rotatable bonds is 1. The molecule has 0 amide bonds. The highest BCUT2D eigenvalue weighted by molar-refractivity contribution is 5.67. The highest BCUT2D eigenvalue weighted by Gasteiger charge is 2.33. The lowest BCUT2D eigenvalue weighted by atomic mass is 10.0. The third kappa shape index (κ3) is 2.42. The Labute approximate surface area is 100 Å². The second-order valence-electron chi connectivity index (χ2n) is 3.67. The molecule has 0 radical (unpaired) electrons. The maximum Gasteiger partial charge on any atom is 0.418 e. The predicted octanol–water partition coefficient (Wildman–Crippen LogP) is 3.49. The van der Waals surface area contributed by atoms with Crippen LogP contribution < -0.4 is 5.73 Å². The molecule has 0 atom stereocenters. The molecule has 2 aromatic rings. The zero-order valence-electron chi connectivity index (χ0n) is 9.00. The Morgan fingerprint density at radius 3 is 2.28 bits per heavy atom. The number of hydrogen-bond donors (Lipinski definition) is 1. The van der Waals surface area contributed by atoms with Crippen LogP contribution in [0.15, 0.2) is 36.5 Å². The van der Waals surface area contributed by atoms with E-state index in [2.05, 4.69) is 4.98 Å². The van der Waals surface area contributed by atoms with Gasteiger partial charge in [0.05, 0.1) is 5.56 Å². The molecule has 1 aromatic heterocycles. The first-order valence-electron chi connectivity index (χ1n) is 4.96. The summed E-state index contributed by atoms with van der Waals surface area (Å²) in [7, 11) is 0. The monoisotopic (exact) mass is 256 g/mol. The smallest absolute Gasteiger partial charge is 0.398 e. The average Bonchev–Trinajstić information content (AvgIpc) is 2.28. The van der Waals surface area contributed by atoms with Crippen LogP contribution >= 0.6 is 0 Å². The molecular formula is C12H8F4N2. The summed E-state index contributed by atoms with van der Waals surface area (Å²) in [4.78, 5) is 3.34. The van der Waals surface area contributed by atoms with Crippen molar-refractivity contribution in [1.82, 2.24) is 4.98 Å². The van der Waals surface area contributed by atoms with Gasteiger partial charge in [-0.3, -0.25) is 0 Å². The minimum Gasteiger partial charge on any atom is -0.398 e. The van der Waals surface area contributed by atoms with Crippen molar-refractivity contribution in [3.63, 3.8) is 0 Å². The molecule has 0 fully saturated rings. The summed E-state index contributed by atoms with van der Waals surface area (Å²) in [6.07, 6.45) is -3.35. The summed E-state index contributed by atoms with van der Waals surface area (Å²) in [5.74, 6) is -0.752. The lowest BCUT2D eigenvalue weighted by molar-refractivity contribution is -0.136. The number of alkyl halides is 3. The van der Waals surface area contributed by atoms with Gasteiger partial charge in [0.25, 0.3) is 0 Å². The van der Waals surface area contributed by atoms with Gasteiger partial charge in [0.2, 0.25) is 5.95 Å². The van der Waals surface area contributed by atoms with Crippen LogP contribution in [0.5, 0.6) is 0 Å². The molecule has 2 rings (SSSR count). The van der Waals surface area contributed by atoms with Gasteiger partial charge in [-0.2, -0.15) is 17.6 Å². The van der Waals surface area contributed by atoms with Gasteiger partial charge in [-0.1, -0.05) is 6.07 Å². The zero-order valence-corrected chi connectivity index (χ0v) is 9.00. The second-order valence-corrected chi connectivity index (χ2v) is 3.67. The van der Waals surface area contributed by atoms with Crippen LogP contribution in [0.25, 0.3) is 11.1 Å². The summed E-state index contributed by atoms with van der Waals surface area (Å²) in [6, 6.07) is 5.93. The Kier molecular flexibility index (Phi) is 2.94. The maximum atomic E-state index is 12.9. The van der Waals surface area contributed by atoms with Crippen LogP contribution in [0.3, 0.4) is 0 Å². The molecule has 2 N–H and O–H groups in total. The topological polar surface area (TPSA) is 38.9 Å². The van der Waals surface area contributed by atoms with Gasteiger partial charge in [-0.15, -0.1) is 0 Å². The molecule has 18 heavy (non-hydrogen) atoms. The Morgan fingerprint density at radius 2 is 1.67 bits per heavy atom. The number of pyridine rings is 1. The molecule has 1 heterocycles. The number of nitrogen functional groups attached to an aromatic ring is 1. The van der Waals surface area contributed by atoms with E-state index in [1.807, 2.05) is 0 Å². The number of nitrogens with two attached hydrogens (primary N) is 1. The van der Waals surface area contributed by atoms with Gasteiger partial charge in [0, 0.05) is 18.0 Å². The van der Waals surface area contributed by atoms with Crippen LogP contribution in [-0.4, -0.2) is 4.98 Å². The molecule has 0 bridgehead atoms. The highest BCUT2D eigenvalue weighted by Crippen LogP contribution is 2.36. The molecule has 2 nitrogen and oxygen atoms in total. The first-order chi connectivity index (χ1) is 8.38. The normalized spacial score (nSPS) is 11.6. The summed E-state index contributed by atoms with van der Waals surface area (Å²) in [6.45, 7) is 0. The maximum absolute atomic E-state index is 12.9. The van der Waals surface area contributed by atoms with E-state index in [9.17, 15) is 17.6 Å². The summed E-state index contributed by atoms with van der Waals surface area (Å²) < 4.78 is 50.9. The van der Waals surface area contributed by atoms with Crippen molar-refractivity contribution in [3.05, 3.63) is 48.0 Å². The molecule has 1 aromatic carbocycles. The van der Waals surface area contributed by atoms with Gasteiger partial charge in [0.15, 0.2) is 0 Å². The molecule has 0 unspecified atom stereocenters. The third-order valence-corrected chi connectivity index (χ3v) is 2.42. The number of anilines is 1. The predicted molar refractivity (Wildman–Crippen MR) is 59.0 cm³/mol. The van der Waals surface area contributed by atoms with E-state index in [1.54, 1.807) is 0 Å². The van der Waals surface area contributed by atoms with E-state index in [-0.39, 0.29) is 11.3 Å². The highest BCUT2D eigenvalue weighted by atomic mass is 19.4. The first kappa shape index (κ1) is 12.3. The van der Waals surface area contributed by atoms with E-state index in [4.69, 9.17) is 5.73 Å². The molecule has 0 aliphatic carbocycles. The van der Waals surface area contributed by atoms with Crippen LogP contribution in [-0.2, 0) is 6.18 Å². The fourth-order valence-corrected chi connectivity index (χ4v) is 1.56. The minimum atomic E-state index is -4.54. The number of hydrogen-bond acceptors (Lipinski definition) is 2. The van der Waals surface area contributed by atoms with E-state index in [0.717, 1.165) is 18.2 Å². The van der Waals surface area contributed by atoms with Crippen molar-refractivity contribution in [2.24, 2.45) is 0 Å². The van der Waals surface area contributed by atoms with Crippen molar-refractivity contribution >= 4 is 5.69 Å². The van der Waals surface area contributed by atoms with Crippen LogP contribution in [0.4, 0.5) is 23.2 Å². The lowest BCUT2D eigenvalue weighted by Crippen LogP contribution is -2.08. The largest absolute Gasteiger partial charge is 0.418 e. The van der Waals surface area contributed by atoms with E-state index >= 15 is 0 Å². The van der Waals surface area contributed by atoms with Crippen molar-refractivity contribution in [2.75, 3.05) is 5.73 Å². The van der Waals surface area contributed by atoms with Crippen LogP contribution in [0.1, 0.15) is 5.56 Å². The fourth-order valence-electron chi connectivity index (χ4n) is 1.56. The summed E-state index contributed by atoms with van der Waals surface area (Å²) in [5, 5.41) is 0. The van der Waals surface area contributed by atoms with E-state index < -0.39 is 17.7 Å². The molecular weight excluding hydrogens is 248 g/mol. The van der Waals surface area contributed by atoms with Crippen molar-refractivity contribution < 1.29 is 17.6 Å².